The molecule has 1 saturated heterocycles. The number of aryl methyl sites for hydroxylation is 2. The van der Waals surface area contributed by atoms with E-state index >= 15 is 0 Å². The maximum atomic E-state index is 9.69. The maximum absolute atomic E-state index is 9.69. The maximum Gasteiger partial charge on any atom is 0.175 e. The monoisotopic (exact) mass is 431 g/mol. The van der Waals surface area contributed by atoms with Crippen molar-refractivity contribution in [2.45, 2.75) is 26.9 Å². The van der Waals surface area contributed by atoms with E-state index in [4.69, 9.17) is 13.8 Å². The molecule has 7 nitrogen and oxygen atoms in total. The van der Waals surface area contributed by atoms with E-state index in [-0.39, 0.29) is 11.9 Å². The zero-order chi connectivity index (χ0) is 22.2. The highest BCUT2D eigenvalue weighted by atomic mass is 16.5. The van der Waals surface area contributed by atoms with Gasteiger partial charge in [-0.3, -0.25) is 4.90 Å². The average Bonchev–Trinajstić information content (AvgIpc) is 3.34. The van der Waals surface area contributed by atoms with Crippen LogP contribution in [0, 0.1) is 13.8 Å². The number of likely N-dealkylation sites (tertiary alicyclic amines) is 1. The van der Waals surface area contributed by atoms with Crippen LogP contribution in [0.5, 0.6) is 11.5 Å². The van der Waals surface area contributed by atoms with Crippen LogP contribution >= 0.6 is 0 Å². The Labute approximate surface area is 186 Å². The molecule has 0 spiro atoms. The van der Waals surface area contributed by atoms with Crippen molar-refractivity contribution in [3.63, 3.8) is 0 Å². The molecule has 4 aromatic rings. The van der Waals surface area contributed by atoms with Crippen molar-refractivity contribution in [3.8, 4) is 45.2 Å². The number of hydrogen-bond acceptors (Lipinski definition) is 7. The van der Waals surface area contributed by atoms with Gasteiger partial charge < -0.3 is 18.9 Å². The smallest absolute Gasteiger partial charge is 0.175 e. The third-order valence-electron chi connectivity index (χ3n) is 5.91. The Morgan fingerprint density at radius 3 is 2.25 bits per heavy atom. The third kappa shape index (κ3) is 3.65. The zero-order valence-corrected chi connectivity index (χ0v) is 18.3. The summed E-state index contributed by atoms with van der Waals surface area (Å²) >= 11 is 0. The van der Waals surface area contributed by atoms with Gasteiger partial charge in [0.05, 0.1) is 16.8 Å². The topological polar surface area (TPSA) is 84.8 Å². The summed E-state index contributed by atoms with van der Waals surface area (Å²) in [5.41, 5.74) is 4.86. The van der Waals surface area contributed by atoms with Crippen LogP contribution in [0.4, 0.5) is 0 Å². The van der Waals surface area contributed by atoms with E-state index in [9.17, 15) is 5.11 Å². The van der Waals surface area contributed by atoms with Gasteiger partial charge in [-0.1, -0.05) is 29.4 Å². The quantitative estimate of drug-likeness (QED) is 0.456. The lowest BCUT2D eigenvalue weighted by Crippen LogP contribution is -2.53. The van der Waals surface area contributed by atoms with Crippen molar-refractivity contribution in [1.82, 2.24) is 15.2 Å². The van der Waals surface area contributed by atoms with E-state index in [2.05, 4.69) is 22.1 Å². The number of hydrogen-bond donors (Lipinski definition) is 1. The molecule has 0 saturated carbocycles. The number of likely N-dealkylation sites (N-methyl/N-ethyl adjacent to an activating group) is 1. The summed E-state index contributed by atoms with van der Waals surface area (Å²) in [4.78, 5) is 2.34. The molecule has 1 aliphatic rings. The first-order valence-corrected chi connectivity index (χ1v) is 10.7. The summed E-state index contributed by atoms with van der Waals surface area (Å²) < 4.78 is 17.3. The fourth-order valence-corrected chi connectivity index (χ4v) is 4.11. The Balaban J connectivity index is 1.54. The van der Waals surface area contributed by atoms with E-state index < -0.39 is 0 Å². The molecule has 2 aromatic heterocycles. The highest BCUT2D eigenvalue weighted by molar-refractivity contribution is 5.91. The van der Waals surface area contributed by atoms with Gasteiger partial charge in [0.2, 0.25) is 0 Å². The molecule has 7 heteroatoms. The lowest BCUT2D eigenvalue weighted by atomic mass is 9.95. The minimum Gasteiger partial charge on any atom is -0.508 e. The van der Waals surface area contributed by atoms with Crippen LogP contribution in [0.3, 0.4) is 0 Å². The van der Waals surface area contributed by atoms with Gasteiger partial charge in [0, 0.05) is 18.7 Å². The van der Waals surface area contributed by atoms with Gasteiger partial charge in [-0.15, -0.1) is 0 Å². The van der Waals surface area contributed by atoms with Gasteiger partial charge in [-0.2, -0.15) is 0 Å². The second kappa shape index (κ2) is 8.16. The molecule has 5 rings (SSSR count). The second-order valence-electron chi connectivity index (χ2n) is 8.10. The van der Waals surface area contributed by atoms with E-state index in [1.165, 1.54) is 0 Å². The van der Waals surface area contributed by atoms with Crippen molar-refractivity contribution < 1.29 is 18.9 Å². The Morgan fingerprint density at radius 2 is 1.62 bits per heavy atom. The van der Waals surface area contributed by atoms with Crippen LogP contribution in [0.25, 0.3) is 33.7 Å². The molecule has 164 valence electrons. The largest absolute Gasteiger partial charge is 0.508 e. The fourth-order valence-electron chi connectivity index (χ4n) is 4.11. The molecule has 0 aliphatic carbocycles. The van der Waals surface area contributed by atoms with Gasteiger partial charge in [-0.05, 0) is 62.4 Å². The minimum absolute atomic E-state index is 0.194. The number of aromatic nitrogens is 2. The molecule has 0 unspecified atom stereocenters. The standard InChI is InChI=1S/C25H25N3O4/c1-4-28-13-21(14-28)30-20-11-7-17(8-12-20)23-24(22-15(2)26-31-16(22)3)27-32-25(23)18-5-9-19(29)10-6-18/h5-12,21,29H,4,13-14H2,1-3H3. The van der Waals surface area contributed by atoms with Gasteiger partial charge in [0.1, 0.15) is 29.1 Å². The van der Waals surface area contributed by atoms with Crippen LogP contribution in [-0.2, 0) is 0 Å². The van der Waals surface area contributed by atoms with Crippen LogP contribution in [0.2, 0.25) is 0 Å². The summed E-state index contributed by atoms with van der Waals surface area (Å²) in [6.07, 6.45) is 0.238. The first-order chi connectivity index (χ1) is 15.5. The Kier molecular flexibility index (Phi) is 5.19. The van der Waals surface area contributed by atoms with Crippen molar-refractivity contribution in [2.24, 2.45) is 0 Å². The number of benzene rings is 2. The molecular weight excluding hydrogens is 406 g/mol. The van der Waals surface area contributed by atoms with Gasteiger partial charge >= 0.3 is 0 Å². The summed E-state index contributed by atoms with van der Waals surface area (Å²) in [5.74, 6) is 2.34. The fraction of sp³-hybridized carbons (Fsp3) is 0.280. The summed E-state index contributed by atoms with van der Waals surface area (Å²) in [5, 5.41) is 18.2. The normalized spacial score (nSPS) is 14.5. The summed E-state index contributed by atoms with van der Waals surface area (Å²) in [6, 6.07) is 14.9. The molecule has 1 aliphatic heterocycles. The Bertz CT molecular complexity index is 1200. The molecule has 0 atom stereocenters. The molecule has 32 heavy (non-hydrogen) atoms. The zero-order valence-electron chi connectivity index (χ0n) is 18.3. The van der Waals surface area contributed by atoms with Crippen molar-refractivity contribution in [2.75, 3.05) is 19.6 Å². The summed E-state index contributed by atoms with van der Waals surface area (Å²) in [6.45, 7) is 8.89. The van der Waals surface area contributed by atoms with Crippen molar-refractivity contribution in [1.29, 1.82) is 0 Å². The Hall–Kier alpha value is -3.58. The number of phenols is 1. The lowest BCUT2D eigenvalue weighted by Gasteiger charge is -2.38. The molecule has 0 radical (unpaired) electrons. The van der Waals surface area contributed by atoms with Crippen molar-refractivity contribution in [3.05, 3.63) is 60.0 Å². The number of phenolic OH excluding ortho intramolecular Hbond substituents is 1. The average molecular weight is 431 g/mol. The van der Waals surface area contributed by atoms with E-state index in [1.807, 2.05) is 50.2 Å². The number of aromatic hydroxyl groups is 1. The van der Waals surface area contributed by atoms with Crippen LogP contribution in [0.1, 0.15) is 18.4 Å². The van der Waals surface area contributed by atoms with E-state index in [1.54, 1.807) is 12.1 Å². The van der Waals surface area contributed by atoms with Crippen molar-refractivity contribution >= 4 is 0 Å². The molecular formula is C25H25N3O4. The molecule has 3 heterocycles. The highest BCUT2D eigenvalue weighted by Crippen LogP contribution is 2.42. The number of nitrogens with zero attached hydrogens (tertiary/aromatic N) is 3. The molecule has 2 aromatic carbocycles. The minimum atomic E-state index is 0.194. The van der Waals surface area contributed by atoms with E-state index in [0.29, 0.717) is 17.2 Å². The van der Waals surface area contributed by atoms with Crippen LogP contribution in [-0.4, -0.2) is 46.1 Å². The molecule has 0 amide bonds. The molecule has 0 bridgehead atoms. The van der Waals surface area contributed by atoms with E-state index in [0.717, 1.165) is 53.3 Å². The van der Waals surface area contributed by atoms with Gasteiger partial charge in [0.25, 0.3) is 0 Å². The predicted molar refractivity (Wildman–Crippen MR) is 121 cm³/mol. The van der Waals surface area contributed by atoms with Crippen LogP contribution in [0.15, 0.2) is 57.6 Å². The predicted octanol–water partition coefficient (Wildman–Crippen LogP) is 5.07. The SMILES string of the molecule is CCN1CC(Oc2ccc(-c3c(-c4c(C)noc4C)noc3-c3ccc(O)cc3)cc2)C1. The first kappa shape index (κ1) is 20.3. The molecule has 1 fully saturated rings. The number of rotatable bonds is 6. The van der Waals surface area contributed by atoms with Crippen LogP contribution < -0.4 is 4.74 Å². The van der Waals surface area contributed by atoms with Gasteiger partial charge in [-0.25, -0.2) is 0 Å². The Morgan fingerprint density at radius 1 is 0.938 bits per heavy atom. The highest BCUT2D eigenvalue weighted by Gasteiger charge is 2.28. The second-order valence-corrected chi connectivity index (χ2v) is 8.10. The molecule has 1 N–H and O–H groups in total. The van der Waals surface area contributed by atoms with Gasteiger partial charge in [0.15, 0.2) is 5.76 Å². The first-order valence-electron chi connectivity index (χ1n) is 10.7. The lowest BCUT2D eigenvalue weighted by molar-refractivity contribution is 0.0238. The summed E-state index contributed by atoms with van der Waals surface area (Å²) in [7, 11) is 0. The number of ether oxygens (including phenoxy) is 1. The third-order valence-corrected chi connectivity index (χ3v) is 5.91.